The van der Waals surface area contributed by atoms with Gasteiger partial charge in [-0.3, -0.25) is 0 Å². The highest BCUT2D eigenvalue weighted by Crippen LogP contribution is 2.03. The first kappa shape index (κ1) is 9.56. The van der Waals surface area contributed by atoms with E-state index in [0.717, 1.165) is 12.8 Å². The minimum absolute atomic E-state index is 0.511. The third kappa shape index (κ3) is 5.69. The van der Waals surface area contributed by atoms with Crippen LogP contribution in [0.2, 0.25) is 0 Å². The zero-order chi connectivity index (χ0) is 7.98. The molecular formula is C10H17. The normalized spacial score (nSPS) is 12.5. The molecule has 0 aliphatic carbocycles. The fourth-order valence-electron chi connectivity index (χ4n) is 0.539. The summed E-state index contributed by atoms with van der Waals surface area (Å²) in [6, 6.07) is 0. The Hall–Kier alpha value is -0.440. The summed E-state index contributed by atoms with van der Waals surface area (Å²) in [5.41, 5.74) is 0. The van der Waals surface area contributed by atoms with E-state index in [-0.39, 0.29) is 0 Å². The predicted molar refractivity (Wildman–Crippen MR) is 46.4 cm³/mol. The Kier molecular flexibility index (Phi) is 5.12. The van der Waals surface area contributed by atoms with E-state index in [9.17, 15) is 0 Å². The molecular weight excluding hydrogens is 120 g/mol. The molecule has 0 heteroatoms. The van der Waals surface area contributed by atoms with Crippen molar-refractivity contribution in [2.75, 3.05) is 0 Å². The van der Waals surface area contributed by atoms with Crippen LogP contribution in [0.1, 0.15) is 33.6 Å². The van der Waals surface area contributed by atoms with Gasteiger partial charge in [-0.25, -0.2) is 0 Å². The summed E-state index contributed by atoms with van der Waals surface area (Å²) in [7, 11) is 0. The van der Waals surface area contributed by atoms with Crippen molar-refractivity contribution < 1.29 is 0 Å². The molecule has 0 aromatic rings. The lowest BCUT2D eigenvalue weighted by Crippen LogP contribution is -1.89. The molecule has 0 bridgehead atoms. The highest BCUT2D eigenvalue weighted by atomic mass is 14.0. The monoisotopic (exact) mass is 137 g/mol. The largest absolute Gasteiger partial charge is 0.103 e. The van der Waals surface area contributed by atoms with Crippen LogP contribution >= 0.6 is 0 Å². The third-order valence-electron chi connectivity index (χ3n) is 1.33. The van der Waals surface area contributed by atoms with Crippen molar-refractivity contribution in [3.05, 3.63) is 6.92 Å². The zero-order valence-corrected chi connectivity index (χ0v) is 7.28. The number of hydrogen-bond acceptors (Lipinski definition) is 0. The molecule has 0 saturated heterocycles. The second-order valence-electron chi connectivity index (χ2n) is 3.07. The average molecular weight is 137 g/mol. The molecule has 0 aliphatic rings. The molecule has 0 aliphatic heterocycles. The molecule has 0 aromatic heterocycles. The van der Waals surface area contributed by atoms with Crippen molar-refractivity contribution in [1.82, 2.24) is 0 Å². The lowest BCUT2D eigenvalue weighted by molar-refractivity contribution is 0.610. The maximum absolute atomic E-state index is 3.82. The molecule has 0 fully saturated rings. The fourth-order valence-corrected chi connectivity index (χ4v) is 0.539. The van der Waals surface area contributed by atoms with E-state index in [0.29, 0.717) is 11.8 Å². The minimum atomic E-state index is 0.511. The molecule has 57 valence electrons. The zero-order valence-electron chi connectivity index (χ0n) is 7.28. The molecule has 0 aromatic carbocycles. The van der Waals surface area contributed by atoms with Crippen LogP contribution in [0.5, 0.6) is 0 Å². The van der Waals surface area contributed by atoms with Gasteiger partial charge in [0.2, 0.25) is 0 Å². The number of rotatable bonds is 2. The van der Waals surface area contributed by atoms with Gasteiger partial charge in [-0.2, -0.15) is 0 Å². The van der Waals surface area contributed by atoms with Crippen LogP contribution in [0, 0.1) is 30.6 Å². The Morgan fingerprint density at radius 1 is 1.30 bits per heavy atom. The molecule has 0 saturated carbocycles. The van der Waals surface area contributed by atoms with E-state index >= 15 is 0 Å². The van der Waals surface area contributed by atoms with E-state index in [1.165, 1.54) is 0 Å². The SMILES string of the molecule is [CH2]CC(C)CC#CC(C)C. The lowest BCUT2D eigenvalue weighted by atomic mass is 10.1. The van der Waals surface area contributed by atoms with E-state index < -0.39 is 0 Å². The maximum Gasteiger partial charge on any atom is 0.0146 e. The summed E-state index contributed by atoms with van der Waals surface area (Å²) in [6.45, 7) is 10.2. The second kappa shape index (κ2) is 5.35. The third-order valence-corrected chi connectivity index (χ3v) is 1.33. The van der Waals surface area contributed by atoms with Gasteiger partial charge < -0.3 is 0 Å². The Labute approximate surface area is 65.0 Å². The highest BCUT2D eigenvalue weighted by molar-refractivity contribution is 5.01. The molecule has 1 unspecified atom stereocenters. The lowest BCUT2D eigenvalue weighted by Gasteiger charge is -1.99. The van der Waals surface area contributed by atoms with Crippen LogP contribution in [0.25, 0.3) is 0 Å². The molecule has 0 N–H and O–H groups in total. The van der Waals surface area contributed by atoms with Gasteiger partial charge in [-0.05, 0) is 12.3 Å². The molecule has 1 atom stereocenters. The average Bonchev–Trinajstić information content (AvgIpc) is 1.87. The molecule has 0 amide bonds. The Morgan fingerprint density at radius 3 is 2.30 bits per heavy atom. The molecule has 0 heterocycles. The minimum Gasteiger partial charge on any atom is -0.103 e. The second-order valence-corrected chi connectivity index (χ2v) is 3.07. The highest BCUT2D eigenvalue weighted by Gasteiger charge is 1.93. The van der Waals surface area contributed by atoms with Crippen LogP contribution in [-0.2, 0) is 0 Å². The van der Waals surface area contributed by atoms with Crippen LogP contribution in [0.4, 0.5) is 0 Å². The van der Waals surface area contributed by atoms with Crippen LogP contribution in [0.15, 0.2) is 0 Å². The van der Waals surface area contributed by atoms with E-state index in [2.05, 4.69) is 39.5 Å². The first-order valence-corrected chi connectivity index (χ1v) is 3.94. The van der Waals surface area contributed by atoms with Gasteiger partial charge in [0.25, 0.3) is 0 Å². The van der Waals surface area contributed by atoms with E-state index in [1.54, 1.807) is 0 Å². The quantitative estimate of drug-likeness (QED) is 0.513. The smallest absolute Gasteiger partial charge is 0.0146 e. The van der Waals surface area contributed by atoms with Crippen molar-refractivity contribution in [2.24, 2.45) is 11.8 Å². The fraction of sp³-hybridized carbons (Fsp3) is 0.700. The van der Waals surface area contributed by atoms with Gasteiger partial charge in [0.15, 0.2) is 0 Å². The van der Waals surface area contributed by atoms with Crippen molar-refractivity contribution in [2.45, 2.75) is 33.6 Å². The molecule has 0 nitrogen and oxygen atoms in total. The van der Waals surface area contributed by atoms with Crippen molar-refractivity contribution >= 4 is 0 Å². The van der Waals surface area contributed by atoms with Gasteiger partial charge in [0, 0.05) is 12.3 Å². The number of hydrogen-bond donors (Lipinski definition) is 0. The predicted octanol–water partition coefficient (Wildman–Crippen LogP) is 2.90. The van der Waals surface area contributed by atoms with Gasteiger partial charge in [0.05, 0.1) is 0 Å². The molecule has 0 spiro atoms. The first-order valence-electron chi connectivity index (χ1n) is 3.94. The van der Waals surface area contributed by atoms with E-state index in [1.807, 2.05) is 0 Å². The van der Waals surface area contributed by atoms with Crippen LogP contribution in [-0.4, -0.2) is 0 Å². The molecule has 10 heavy (non-hydrogen) atoms. The van der Waals surface area contributed by atoms with Gasteiger partial charge >= 0.3 is 0 Å². The Bertz CT molecular complexity index is 123. The summed E-state index contributed by atoms with van der Waals surface area (Å²) in [5.74, 6) is 7.45. The summed E-state index contributed by atoms with van der Waals surface area (Å²) >= 11 is 0. The molecule has 0 rings (SSSR count). The summed E-state index contributed by atoms with van der Waals surface area (Å²) in [6.07, 6.45) is 1.99. The summed E-state index contributed by atoms with van der Waals surface area (Å²) < 4.78 is 0. The standard InChI is InChI=1S/C10H17/c1-5-10(4)8-6-7-9(2)3/h9-10H,1,5,8H2,2-4H3. The van der Waals surface area contributed by atoms with Crippen molar-refractivity contribution in [1.29, 1.82) is 0 Å². The summed E-state index contributed by atoms with van der Waals surface area (Å²) in [4.78, 5) is 0. The van der Waals surface area contributed by atoms with Gasteiger partial charge in [-0.15, -0.1) is 11.8 Å². The summed E-state index contributed by atoms with van der Waals surface area (Å²) in [5, 5.41) is 0. The van der Waals surface area contributed by atoms with E-state index in [4.69, 9.17) is 0 Å². The molecule has 1 radical (unpaired) electrons. The van der Waals surface area contributed by atoms with Gasteiger partial charge in [0.1, 0.15) is 0 Å². The maximum atomic E-state index is 3.82. The Morgan fingerprint density at radius 2 is 1.90 bits per heavy atom. The first-order chi connectivity index (χ1) is 4.66. The van der Waals surface area contributed by atoms with Crippen molar-refractivity contribution in [3.63, 3.8) is 0 Å². The van der Waals surface area contributed by atoms with Crippen LogP contribution in [0.3, 0.4) is 0 Å². The topological polar surface area (TPSA) is 0 Å². The van der Waals surface area contributed by atoms with Crippen molar-refractivity contribution in [3.8, 4) is 11.8 Å². The van der Waals surface area contributed by atoms with Crippen LogP contribution < -0.4 is 0 Å². The van der Waals surface area contributed by atoms with Gasteiger partial charge in [-0.1, -0.05) is 27.7 Å². The Balaban J connectivity index is 3.45.